The molecule has 0 amide bonds. The normalized spacial score (nSPS) is 13.9. The maximum Gasteiger partial charge on any atom is 0.147 e. The minimum Gasteiger partial charge on any atom is -0.345 e. The predicted octanol–water partition coefficient (Wildman–Crippen LogP) is 2.05. The lowest BCUT2D eigenvalue weighted by Crippen LogP contribution is -2.16. The first-order valence-corrected chi connectivity index (χ1v) is 5.35. The summed E-state index contributed by atoms with van der Waals surface area (Å²) in [6.45, 7) is 1.52. The number of hydrogen-bond donors (Lipinski definition) is 0. The molecule has 3 rings (SSSR count). The smallest absolute Gasteiger partial charge is 0.147 e. The molecule has 0 N–H and O–H groups in total. The molecular weight excluding hydrogens is 224 g/mol. The molecule has 0 unspecified atom stereocenters. The van der Waals surface area contributed by atoms with Crippen molar-refractivity contribution in [2.75, 3.05) is 4.90 Å². The van der Waals surface area contributed by atoms with Gasteiger partial charge in [-0.05, 0) is 12.1 Å². The van der Waals surface area contributed by atoms with Crippen LogP contribution in [0.5, 0.6) is 0 Å². The minimum atomic E-state index is 0.670. The summed E-state index contributed by atoms with van der Waals surface area (Å²) in [6, 6.07) is 3.67. The van der Waals surface area contributed by atoms with Gasteiger partial charge in [-0.15, -0.1) is 0 Å². The van der Waals surface area contributed by atoms with Gasteiger partial charge < -0.3 is 4.90 Å². The fraction of sp³-hybridized carbons (Fsp3) is 0.182. The van der Waals surface area contributed by atoms with Crippen LogP contribution in [-0.4, -0.2) is 15.0 Å². The monoisotopic (exact) mass is 232 g/mol. The summed E-state index contributed by atoms with van der Waals surface area (Å²) in [5, 5.41) is 0.670. The van der Waals surface area contributed by atoms with Crippen LogP contribution in [0.25, 0.3) is 0 Å². The number of aromatic nitrogens is 3. The van der Waals surface area contributed by atoms with Crippen LogP contribution in [0.1, 0.15) is 11.3 Å². The van der Waals surface area contributed by atoms with Gasteiger partial charge in [0.05, 0.1) is 17.3 Å². The van der Waals surface area contributed by atoms with Crippen LogP contribution in [0, 0.1) is 0 Å². The van der Waals surface area contributed by atoms with E-state index in [1.165, 1.54) is 0 Å². The molecule has 3 heterocycles. The van der Waals surface area contributed by atoms with Crippen molar-refractivity contribution < 1.29 is 0 Å². The zero-order chi connectivity index (χ0) is 11.0. The van der Waals surface area contributed by atoms with E-state index < -0.39 is 0 Å². The summed E-state index contributed by atoms with van der Waals surface area (Å²) >= 11 is 6.11. The molecule has 0 aromatic carbocycles. The number of halogens is 1. The molecule has 0 atom stereocenters. The van der Waals surface area contributed by atoms with Crippen LogP contribution in [0.3, 0.4) is 0 Å². The fourth-order valence-corrected chi connectivity index (χ4v) is 2.10. The molecule has 0 spiro atoms. The molecular formula is C11H9ClN4. The van der Waals surface area contributed by atoms with E-state index in [9.17, 15) is 0 Å². The molecule has 80 valence electrons. The van der Waals surface area contributed by atoms with Crippen LogP contribution in [-0.2, 0) is 13.1 Å². The van der Waals surface area contributed by atoms with Crippen molar-refractivity contribution in [3.63, 3.8) is 0 Å². The maximum atomic E-state index is 6.11. The zero-order valence-corrected chi connectivity index (χ0v) is 9.22. The largest absolute Gasteiger partial charge is 0.345 e. The third kappa shape index (κ3) is 1.51. The van der Waals surface area contributed by atoms with Crippen molar-refractivity contribution >= 4 is 17.4 Å². The number of rotatable bonds is 1. The number of hydrogen-bond acceptors (Lipinski definition) is 4. The third-order valence-electron chi connectivity index (χ3n) is 2.62. The standard InChI is InChI=1S/C11H9ClN4/c12-9-2-1-3-14-11(9)16-5-8-4-13-7-15-10(8)6-16/h1-4,7H,5-6H2. The van der Waals surface area contributed by atoms with Gasteiger partial charge in [0, 0.05) is 24.5 Å². The molecule has 0 saturated heterocycles. The van der Waals surface area contributed by atoms with E-state index in [1.54, 1.807) is 12.5 Å². The van der Waals surface area contributed by atoms with E-state index >= 15 is 0 Å². The highest BCUT2D eigenvalue weighted by atomic mass is 35.5. The molecule has 4 nitrogen and oxygen atoms in total. The Bertz CT molecular complexity index is 504. The Morgan fingerprint density at radius 1 is 1.25 bits per heavy atom. The molecule has 0 aliphatic carbocycles. The second-order valence-corrected chi connectivity index (χ2v) is 4.07. The second kappa shape index (κ2) is 3.72. The van der Waals surface area contributed by atoms with Crippen LogP contribution in [0.4, 0.5) is 5.82 Å². The Morgan fingerprint density at radius 3 is 3.00 bits per heavy atom. The van der Waals surface area contributed by atoms with Gasteiger partial charge in [-0.3, -0.25) is 0 Å². The van der Waals surface area contributed by atoms with E-state index in [1.807, 2.05) is 18.3 Å². The van der Waals surface area contributed by atoms with Crippen molar-refractivity contribution in [2.24, 2.45) is 0 Å². The molecule has 2 aromatic heterocycles. The van der Waals surface area contributed by atoms with Gasteiger partial charge in [-0.25, -0.2) is 15.0 Å². The summed E-state index contributed by atoms with van der Waals surface area (Å²) in [4.78, 5) is 14.6. The van der Waals surface area contributed by atoms with Crippen molar-refractivity contribution in [2.45, 2.75) is 13.1 Å². The van der Waals surface area contributed by atoms with Crippen LogP contribution < -0.4 is 4.90 Å². The lowest BCUT2D eigenvalue weighted by atomic mass is 10.3. The van der Waals surface area contributed by atoms with Crippen molar-refractivity contribution in [1.82, 2.24) is 15.0 Å². The van der Waals surface area contributed by atoms with Crippen molar-refractivity contribution in [1.29, 1.82) is 0 Å². The third-order valence-corrected chi connectivity index (χ3v) is 2.92. The van der Waals surface area contributed by atoms with Crippen molar-refractivity contribution in [3.05, 3.63) is 47.1 Å². The quantitative estimate of drug-likeness (QED) is 0.755. The Hall–Kier alpha value is -1.68. The summed E-state index contributed by atoms with van der Waals surface area (Å²) < 4.78 is 0. The van der Waals surface area contributed by atoms with Crippen LogP contribution in [0.15, 0.2) is 30.9 Å². The topological polar surface area (TPSA) is 41.9 Å². The minimum absolute atomic E-state index is 0.670. The average molecular weight is 233 g/mol. The molecule has 2 aromatic rings. The Morgan fingerprint density at radius 2 is 2.19 bits per heavy atom. The van der Waals surface area contributed by atoms with E-state index in [0.717, 1.165) is 30.2 Å². The maximum absolute atomic E-state index is 6.11. The van der Waals surface area contributed by atoms with Gasteiger partial charge in [0.15, 0.2) is 0 Å². The van der Waals surface area contributed by atoms with E-state index in [2.05, 4.69) is 19.9 Å². The summed E-state index contributed by atoms with van der Waals surface area (Å²) in [7, 11) is 0. The Balaban J connectivity index is 1.95. The predicted molar refractivity (Wildman–Crippen MR) is 61.2 cm³/mol. The highest BCUT2D eigenvalue weighted by Gasteiger charge is 2.22. The first kappa shape index (κ1) is 9.54. The van der Waals surface area contributed by atoms with Gasteiger partial charge in [-0.2, -0.15) is 0 Å². The number of pyridine rings is 1. The Labute approximate surface area is 97.9 Å². The lowest BCUT2D eigenvalue weighted by Gasteiger charge is -2.16. The second-order valence-electron chi connectivity index (χ2n) is 3.66. The number of fused-ring (bicyclic) bond motifs is 1. The molecule has 0 saturated carbocycles. The molecule has 1 aliphatic heterocycles. The van der Waals surface area contributed by atoms with Gasteiger partial charge in [0.2, 0.25) is 0 Å². The first-order valence-electron chi connectivity index (χ1n) is 4.98. The van der Waals surface area contributed by atoms with Gasteiger partial charge in [0.25, 0.3) is 0 Å². The van der Waals surface area contributed by atoms with E-state index in [-0.39, 0.29) is 0 Å². The number of anilines is 1. The Kier molecular flexibility index (Phi) is 2.22. The SMILES string of the molecule is Clc1cccnc1N1Cc2cncnc2C1. The average Bonchev–Trinajstić information content (AvgIpc) is 2.73. The molecule has 16 heavy (non-hydrogen) atoms. The molecule has 1 aliphatic rings. The molecule has 5 heteroatoms. The van der Waals surface area contributed by atoms with Crippen molar-refractivity contribution in [3.8, 4) is 0 Å². The fourth-order valence-electron chi connectivity index (χ4n) is 1.86. The van der Waals surface area contributed by atoms with E-state index in [4.69, 9.17) is 11.6 Å². The van der Waals surface area contributed by atoms with Crippen LogP contribution >= 0.6 is 11.6 Å². The molecule has 0 bridgehead atoms. The molecule has 0 fully saturated rings. The zero-order valence-electron chi connectivity index (χ0n) is 8.47. The van der Waals surface area contributed by atoms with Gasteiger partial charge in [-0.1, -0.05) is 11.6 Å². The summed E-state index contributed by atoms with van der Waals surface area (Å²) in [5.41, 5.74) is 2.20. The van der Waals surface area contributed by atoms with Crippen LogP contribution in [0.2, 0.25) is 5.02 Å². The van der Waals surface area contributed by atoms with E-state index in [0.29, 0.717) is 5.02 Å². The van der Waals surface area contributed by atoms with Gasteiger partial charge >= 0.3 is 0 Å². The first-order chi connectivity index (χ1) is 7.84. The lowest BCUT2D eigenvalue weighted by molar-refractivity contribution is 0.848. The highest BCUT2D eigenvalue weighted by molar-refractivity contribution is 6.32. The number of nitrogens with zero attached hydrogens (tertiary/aromatic N) is 4. The van der Waals surface area contributed by atoms with Gasteiger partial charge in [0.1, 0.15) is 12.1 Å². The summed E-state index contributed by atoms with van der Waals surface area (Å²) in [5.74, 6) is 0.808. The summed E-state index contributed by atoms with van der Waals surface area (Å²) in [6.07, 6.45) is 5.16. The highest BCUT2D eigenvalue weighted by Crippen LogP contribution is 2.29. The molecule has 0 radical (unpaired) electrons.